The zero-order chi connectivity index (χ0) is 14.5. The summed E-state index contributed by atoms with van der Waals surface area (Å²) in [5.41, 5.74) is -0.112. The lowest BCUT2D eigenvalue weighted by atomic mass is 10.2. The summed E-state index contributed by atoms with van der Waals surface area (Å²) in [6.45, 7) is 0. The van der Waals surface area contributed by atoms with Gasteiger partial charge in [0.1, 0.15) is 23.9 Å². The van der Waals surface area contributed by atoms with Gasteiger partial charge in [0.05, 0.1) is 4.90 Å². The van der Waals surface area contributed by atoms with Crippen LogP contribution in [-0.2, 0) is 9.84 Å². The molecule has 6 nitrogen and oxygen atoms in total. The number of sulfone groups is 1. The minimum atomic E-state index is -3.29. The van der Waals surface area contributed by atoms with Crippen LogP contribution < -0.4 is 5.32 Å². The molecule has 19 heavy (non-hydrogen) atoms. The molecular formula is C12H8N4O2S. The van der Waals surface area contributed by atoms with Crippen LogP contribution in [0, 0.1) is 34.0 Å². The number of hydrogen-bond donors (Lipinski definition) is 1. The smallest absolute Gasteiger partial charge is 0.175 e. The lowest BCUT2D eigenvalue weighted by molar-refractivity contribution is 0.602. The number of allylic oxidation sites excluding steroid dienone is 2. The van der Waals surface area contributed by atoms with Crippen molar-refractivity contribution in [3.63, 3.8) is 0 Å². The highest BCUT2D eigenvalue weighted by Crippen LogP contribution is 2.16. The lowest BCUT2D eigenvalue weighted by Gasteiger charge is -2.05. The maximum absolute atomic E-state index is 11.3. The fourth-order valence-corrected chi connectivity index (χ4v) is 1.84. The third kappa shape index (κ3) is 3.57. The summed E-state index contributed by atoms with van der Waals surface area (Å²) >= 11 is 0. The van der Waals surface area contributed by atoms with Gasteiger partial charge in [-0.25, -0.2) is 8.42 Å². The summed E-state index contributed by atoms with van der Waals surface area (Å²) < 4.78 is 22.5. The number of rotatable bonds is 3. The number of nitrogens with zero attached hydrogens (tertiary/aromatic N) is 3. The van der Waals surface area contributed by atoms with E-state index in [1.54, 1.807) is 18.2 Å². The second kappa shape index (κ2) is 5.68. The molecule has 0 fully saturated rings. The van der Waals surface area contributed by atoms with Crippen molar-refractivity contribution in [2.75, 3.05) is 11.6 Å². The van der Waals surface area contributed by atoms with Crippen molar-refractivity contribution in [3.05, 3.63) is 35.5 Å². The Morgan fingerprint density at radius 1 is 1.05 bits per heavy atom. The number of nitrogens with one attached hydrogen (secondary N) is 1. The zero-order valence-electron chi connectivity index (χ0n) is 9.88. The van der Waals surface area contributed by atoms with Crippen LogP contribution in [0.15, 0.2) is 40.4 Å². The lowest BCUT2D eigenvalue weighted by Crippen LogP contribution is -2.01. The highest BCUT2D eigenvalue weighted by atomic mass is 32.2. The van der Waals surface area contributed by atoms with Gasteiger partial charge in [-0.05, 0) is 24.3 Å². The van der Waals surface area contributed by atoms with Crippen molar-refractivity contribution in [2.45, 2.75) is 4.90 Å². The molecule has 1 rings (SSSR count). The summed E-state index contributed by atoms with van der Waals surface area (Å²) in [5.74, 6) is 0. The monoisotopic (exact) mass is 272 g/mol. The highest BCUT2D eigenvalue weighted by Gasteiger charge is 2.08. The molecule has 0 heterocycles. The highest BCUT2D eigenvalue weighted by molar-refractivity contribution is 7.90. The molecule has 0 unspecified atom stereocenters. The van der Waals surface area contributed by atoms with E-state index in [1.807, 2.05) is 0 Å². The molecule has 1 N–H and O–H groups in total. The molecule has 0 saturated carbocycles. The molecule has 0 aromatic heterocycles. The maximum atomic E-state index is 11.3. The van der Waals surface area contributed by atoms with E-state index in [4.69, 9.17) is 15.8 Å². The third-order valence-electron chi connectivity index (χ3n) is 2.14. The average Bonchev–Trinajstić information content (AvgIpc) is 2.38. The molecule has 0 atom stereocenters. The molecule has 1 aromatic carbocycles. The van der Waals surface area contributed by atoms with Crippen LogP contribution >= 0.6 is 0 Å². The molecule has 1 aromatic rings. The van der Waals surface area contributed by atoms with Gasteiger partial charge in [0, 0.05) is 11.9 Å². The Morgan fingerprint density at radius 3 is 1.95 bits per heavy atom. The van der Waals surface area contributed by atoms with Crippen LogP contribution in [-0.4, -0.2) is 14.7 Å². The Morgan fingerprint density at radius 2 is 1.58 bits per heavy atom. The molecule has 0 aliphatic rings. The normalized spacial score (nSPS) is 9.58. The van der Waals surface area contributed by atoms with Crippen molar-refractivity contribution >= 4 is 15.5 Å². The summed E-state index contributed by atoms with van der Waals surface area (Å²) in [6, 6.07) is 10.5. The number of hydrogen-bond acceptors (Lipinski definition) is 6. The fraction of sp³-hybridized carbons (Fsp3) is 0.0833. The average molecular weight is 272 g/mol. The van der Waals surface area contributed by atoms with Gasteiger partial charge in [-0.3, -0.25) is 0 Å². The van der Waals surface area contributed by atoms with E-state index in [0.717, 1.165) is 6.26 Å². The first-order valence-electron chi connectivity index (χ1n) is 4.94. The van der Waals surface area contributed by atoms with E-state index in [-0.39, 0.29) is 16.2 Å². The van der Waals surface area contributed by atoms with Gasteiger partial charge < -0.3 is 5.32 Å². The number of anilines is 1. The molecule has 0 saturated heterocycles. The number of benzene rings is 1. The topological polar surface area (TPSA) is 118 Å². The summed E-state index contributed by atoms with van der Waals surface area (Å²) in [5, 5.41) is 28.7. The van der Waals surface area contributed by atoms with Crippen molar-refractivity contribution in [2.24, 2.45) is 0 Å². The van der Waals surface area contributed by atoms with E-state index in [1.165, 1.54) is 24.3 Å². The van der Waals surface area contributed by atoms with Gasteiger partial charge in [-0.15, -0.1) is 0 Å². The Kier molecular flexibility index (Phi) is 4.26. The molecule has 0 bridgehead atoms. The SMILES string of the molecule is CS(=O)(=O)c1ccc(NC(C#N)=C(C#N)C#N)cc1. The van der Waals surface area contributed by atoms with Gasteiger partial charge in [0.25, 0.3) is 0 Å². The Hall–Kier alpha value is -2.82. The third-order valence-corrected chi connectivity index (χ3v) is 3.27. The molecule has 0 aliphatic carbocycles. The van der Waals surface area contributed by atoms with Crippen LogP contribution in [0.5, 0.6) is 0 Å². The summed E-state index contributed by atoms with van der Waals surface area (Å²) in [6.07, 6.45) is 1.08. The first-order valence-corrected chi connectivity index (χ1v) is 6.83. The van der Waals surface area contributed by atoms with E-state index in [9.17, 15) is 8.42 Å². The molecule has 0 aliphatic heterocycles. The molecular weight excluding hydrogens is 264 g/mol. The van der Waals surface area contributed by atoms with E-state index in [0.29, 0.717) is 5.69 Å². The molecule has 0 radical (unpaired) electrons. The maximum Gasteiger partial charge on any atom is 0.175 e. The quantitative estimate of drug-likeness (QED) is 0.829. The predicted molar refractivity (Wildman–Crippen MR) is 67.0 cm³/mol. The first-order chi connectivity index (χ1) is 8.92. The molecule has 0 spiro atoms. The van der Waals surface area contributed by atoms with Crippen molar-refractivity contribution < 1.29 is 8.42 Å². The van der Waals surface area contributed by atoms with Crippen molar-refractivity contribution in [3.8, 4) is 18.2 Å². The predicted octanol–water partition coefficient (Wildman–Crippen LogP) is 1.33. The zero-order valence-corrected chi connectivity index (χ0v) is 10.7. The minimum absolute atomic E-state index is 0.140. The molecule has 94 valence electrons. The largest absolute Gasteiger partial charge is 0.345 e. The van der Waals surface area contributed by atoms with Crippen molar-refractivity contribution in [1.82, 2.24) is 0 Å². The Labute approximate surface area is 110 Å². The van der Waals surface area contributed by atoms with Gasteiger partial charge in [0.2, 0.25) is 0 Å². The van der Waals surface area contributed by atoms with Crippen LogP contribution in [0.1, 0.15) is 0 Å². The van der Waals surface area contributed by atoms with Gasteiger partial charge in [-0.1, -0.05) is 0 Å². The van der Waals surface area contributed by atoms with E-state index >= 15 is 0 Å². The molecule has 7 heteroatoms. The second-order valence-corrected chi connectivity index (χ2v) is 5.52. The Bertz CT molecular complexity index is 725. The van der Waals surface area contributed by atoms with Crippen molar-refractivity contribution in [1.29, 1.82) is 15.8 Å². The molecule has 0 amide bonds. The second-order valence-electron chi connectivity index (χ2n) is 3.51. The summed E-state index contributed by atoms with van der Waals surface area (Å²) in [4.78, 5) is 0.140. The van der Waals surface area contributed by atoms with Gasteiger partial charge in [-0.2, -0.15) is 15.8 Å². The van der Waals surface area contributed by atoms with E-state index < -0.39 is 9.84 Å². The van der Waals surface area contributed by atoms with Crippen LogP contribution in [0.3, 0.4) is 0 Å². The first kappa shape index (κ1) is 14.2. The van der Waals surface area contributed by atoms with Gasteiger partial charge >= 0.3 is 0 Å². The minimum Gasteiger partial charge on any atom is -0.345 e. The standard InChI is InChI=1S/C12H8N4O2S/c1-19(17,18)11-4-2-10(3-5-11)16-12(8-15)9(6-13)7-14/h2-5,16H,1H3. The fourth-order valence-electron chi connectivity index (χ4n) is 1.21. The number of nitriles is 3. The Balaban J connectivity index is 3.10. The van der Waals surface area contributed by atoms with E-state index in [2.05, 4.69) is 5.32 Å². The van der Waals surface area contributed by atoms with Crippen LogP contribution in [0.2, 0.25) is 0 Å². The van der Waals surface area contributed by atoms with Crippen LogP contribution in [0.25, 0.3) is 0 Å². The van der Waals surface area contributed by atoms with Crippen LogP contribution in [0.4, 0.5) is 5.69 Å². The van der Waals surface area contributed by atoms with Gasteiger partial charge in [0.15, 0.2) is 15.4 Å². The summed E-state index contributed by atoms with van der Waals surface area (Å²) in [7, 11) is -3.29.